The molecule has 9 nitrogen and oxygen atoms in total. The molecule has 0 fully saturated rings. The lowest BCUT2D eigenvalue weighted by atomic mass is 9.90. The molecule has 4 rings (SSSR count). The number of H-pyrrole nitrogens is 1. The number of rotatable bonds is 8. The topological polar surface area (TPSA) is 118 Å². The van der Waals surface area contributed by atoms with Gasteiger partial charge >= 0.3 is 5.97 Å². The van der Waals surface area contributed by atoms with Crippen LogP contribution in [0.15, 0.2) is 72.9 Å². The minimum atomic E-state index is -0.759. The number of aromatic nitrogens is 1. The fourth-order valence-corrected chi connectivity index (χ4v) is 4.17. The Balaban J connectivity index is 1.67. The van der Waals surface area contributed by atoms with Gasteiger partial charge in [-0.3, -0.25) is 14.9 Å². The molecule has 1 amide bonds. The fourth-order valence-electron chi connectivity index (χ4n) is 4.17. The van der Waals surface area contributed by atoms with Gasteiger partial charge in [0.25, 0.3) is 11.6 Å². The molecule has 3 aromatic carbocycles. The van der Waals surface area contributed by atoms with E-state index in [-0.39, 0.29) is 29.3 Å². The van der Waals surface area contributed by atoms with E-state index in [0.29, 0.717) is 0 Å². The zero-order chi connectivity index (χ0) is 25.8. The van der Waals surface area contributed by atoms with Gasteiger partial charge in [0.05, 0.1) is 17.6 Å². The van der Waals surface area contributed by atoms with Crippen LogP contribution in [0.4, 0.5) is 11.4 Å². The lowest BCUT2D eigenvalue weighted by Gasteiger charge is -2.20. The number of non-ortho nitro benzene ring substituents is 1. The number of nitro groups is 1. The monoisotopic (exact) mass is 486 g/mol. The van der Waals surface area contributed by atoms with Gasteiger partial charge in [0, 0.05) is 67.0 Å². The highest BCUT2D eigenvalue weighted by atomic mass is 16.6. The molecule has 0 spiro atoms. The van der Waals surface area contributed by atoms with Crippen molar-refractivity contribution in [2.75, 3.05) is 32.6 Å². The number of amides is 1. The summed E-state index contributed by atoms with van der Waals surface area (Å²) in [6.07, 6.45) is 1.93. The molecule has 36 heavy (non-hydrogen) atoms. The fraction of sp³-hybridized carbons (Fsp3) is 0.185. The van der Waals surface area contributed by atoms with E-state index in [1.807, 2.05) is 73.7 Å². The average Bonchev–Trinajstić information content (AvgIpc) is 3.32. The van der Waals surface area contributed by atoms with Gasteiger partial charge in [-0.25, -0.2) is 4.79 Å². The second-order valence-electron chi connectivity index (χ2n) is 8.56. The Bertz CT molecular complexity index is 1430. The molecule has 184 valence electrons. The number of nitrogens with one attached hydrogen (secondary N) is 2. The molecule has 2 N–H and O–H groups in total. The Labute approximate surface area is 207 Å². The number of anilines is 1. The van der Waals surface area contributed by atoms with Crippen molar-refractivity contribution in [1.82, 2.24) is 10.3 Å². The molecule has 1 unspecified atom stereocenters. The first-order valence-electron chi connectivity index (χ1n) is 11.3. The molecule has 1 aromatic heterocycles. The number of benzene rings is 3. The third-order valence-electron chi connectivity index (χ3n) is 6.09. The molecule has 0 bridgehead atoms. The molecule has 0 aliphatic carbocycles. The second kappa shape index (κ2) is 10.3. The summed E-state index contributed by atoms with van der Waals surface area (Å²) in [5, 5.41) is 15.3. The van der Waals surface area contributed by atoms with E-state index in [2.05, 4.69) is 15.0 Å². The van der Waals surface area contributed by atoms with Crippen molar-refractivity contribution in [3.8, 4) is 0 Å². The van der Waals surface area contributed by atoms with Gasteiger partial charge < -0.3 is 19.9 Å². The number of esters is 1. The Morgan fingerprint density at radius 3 is 2.42 bits per heavy atom. The molecular weight excluding hydrogens is 460 g/mol. The molecule has 0 saturated heterocycles. The standard InChI is InChI=1S/C27H26N4O5/c1-30(2)20-10-8-17(9-11-20)23(24-16-28-25-7-5-4-6-22(24)25)15-29-26(32)18-12-19(27(33)36-3)14-21(13-18)31(34)35/h4-14,16,23,28H,15H2,1-3H3,(H,29,32). The number of methoxy groups -OCH3 is 1. The van der Waals surface area contributed by atoms with Crippen molar-refractivity contribution in [3.05, 3.63) is 105 Å². The van der Waals surface area contributed by atoms with Crippen LogP contribution < -0.4 is 10.2 Å². The number of carbonyl (C=O) groups excluding carboxylic acids is 2. The van der Waals surface area contributed by atoms with Crippen LogP contribution in [0.2, 0.25) is 0 Å². The van der Waals surface area contributed by atoms with Crippen molar-refractivity contribution in [2.24, 2.45) is 0 Å². The summed E-state index contributed by atoms with van der Waals surface area (Å²) >= 11 is 0. The SMILES string of the molecule is COC(=O)c1cc(C(=O)NCC(c2ccc(N(C)C)cc2)c2c[nH]c3ccccc23)cc([N+](=O)[O-])c1. The highest BCUT2D eigenvalue weighted by Crippen LogP contribution is 2.31. The first kappa shape index (κ1) is 24.5. The van der Waals surface area contributed by atoms with Gasteiger partial charge in [-0.05, 0) is 35.4 Å². The molecule has 9 heteroatoms. The second-order valence-corrected chi connectivity index (χ2v) is 8.56. The van der Waals surface area contributed by atoms with Crippen molar-refractivity contribution in [2.45, 2.75) is 5.92 Å². The van der Waals surface area contributed by atoms with Crippen LogP contribution in [0.25, 0.3) is 10.9 Å². The van der Waals surface area contributed by atoms with E-state index in [9.17, 15) is 19.7 Å². The van der Waals surface area contributed by atoms with E-state index in [1.165, 1.54) is 13.2 Å². The Morgan fingerprint density at radius 2 is 1.75 bits per heavy atom. The summed E-state index contributed by atoms with van der Waals surface area (Å²) in [5.74, 6) is -1.48. The number of ether oxygens (including phenoxy) is 1. The molecule has 1 atom stereocenters. The molecule has 0 saturated carbocycles. The largest absolute Gasteiger partial charge is 0.465 e. The van der Waals surface area contributed by atoms with Gasteiger partial charge in [0.2, 0.25) is 0 Å². The molecule has 0 aliphatic rings. The minimum absolute atomic E-state index is 0.00484. The molecular formula is C27H26N4O5. The maximum Gasteiger partial charge on any atom is 0.338 e. The summed E-state index contributed by atoms with van der Waals surface area (Å²) in [6, 6.07) is 19.5. The van der Waals surface area contributed by atoms with Crippen LogP contribution in [-0.2, 0) is 4.74 Å². The first-order valence-corrected chi connectivity index (χ1v) is 11.3. The maximum atomic E-state index is 13.1. The summed E-state index contributed by atoms with van der Waals surface area (Å²) in [6.45, 7) is 0.234. The van der Waals surface area contributed by atoms with Crippen molar-refractivity contribution >= 4 is 34.2 Å². The quantitative estimate of drug-likeness (QED) is 0.215. The Hall–Kier alpha value is -4.66. The molecule has 0 aliphatic heterocycles. The number of nitrogens with zero attached hydrogens (tertiary/aromatic N) is 2. The summed E-state index contributed by atoms with van der Waals surface area (Å²) in [7, 11) is 5.11. The molecule has 1 heterocycles. The predicted molar refractivity (Wildman–Crippen MR) is 138 cm³/mol. The number of para-hydroxylation sites is 1. The minimum Gasteiger partial charge on any atom is -0.465 e. The van der Waals surface area contributed by atoms with Crippen LogP contribution in [0.3, 0.4) is 0 Å². The third-order valence-corrected chi connectivity index (χ3v) is 6.09. The number of hydrogen-bond donors (Lipinski definition) is 2. The van der Waals surface area contributed by atoms with E-state index in [4.69, 9.17) is 0 Å². The van der Waals surface area contributed by atoms with Crippen LogP contribution in [0, 0.1) is 10.1 Å². The van der Waals surface area contributed by atoms with Gasteiger partial charge in [0.15, 0.2) is 0 Å². The van der Waals surface area contributed by atoms with E-state index in [1.54, 1.807) is 0 Å². The lowest BCUT2D eigenvalue weighted by molar-refractivity contribution is -0.384. The van der Waals surface area contributed by atoms with Crippen LogP contribution in [-0.4, -0.2) is 49.5 Å². The van der Waals surface area contributed by atoms with Gasteiger partial charge in [-0.1, -0.05) is 30.3 Å². The van der Waals surface area contributed by atoms with Gasteiger partial charge in [-0.15, -0.1) is 0 Å². The summed E-state index contributed by atoms with van der Waals surface area (Å²) in [4.78, 5) is 41.1. The van der Waals surface area contributed by atoms with Crippen molar-refractivity contribution < 1.29 is 19.2 Å². The summed E-state index contributed by atoms with van der Waals surface area (Å²) in [5.41, 5.74) is 3.62. The first-order chi connectivity index (χ1) is 17.3. The van der Waals surface area contributed by atoms with Crippen LogP contribution in [0.5, 0.6) is 0 Å². The number of carbonyl (C=O) groups is 2. The number of fused-ring (bicyclic) bond motifs is 1. The Morgan fingerprint density at radius 1 is 1.06 bits per heavy atom. The predicted octanol–water partition coefficient (Wildman–Crippen LogP) is 4.49. The van der Waals surface area contributed by atoms with Gasteiger partial charge in [0.1, 0.15) is 0 Å². The third kappa shape index (κ3) is 5.05. The lowest BCUT2D eigenvalue weighted by Crippen LogP contribution is -2.29. The van der Waals surface area contributed by atoms with E-state index < -0.39 is 16.8 Å². The number of nitro benzene ring substituents is 1. The number of hydrogen-bond acceptors (Lipinski definition) is 6. The zero-order valence-corrected chi connectivity index (χ0v) is 20.1. The number of aromatic amines is 1. The maximum absolute atomic E-state index is 13.1. The van der Waals surface area contributed by atoms with E-state index >= 15 is 0 Å². The highest BCUT2D eigenvalue weighted by molar-refractivity contribution is 5.99. The molecule has 0 radical (unpaired) electrons. The van der Waals surface area contributed by atoms with Crippen LogP contribution in [0.1, 0.15) is 37.8 Å². The molecule has 4 aromatic rings. The van der Waals surface area contributed by atoms with Crippen LogP contribution >= 0.6 is 0 Å². The smallest absolute Gasteiger partial charge is 0.338 e. The van der Waals surface area contributed by atoms with Crippen molar-refractivity contribution in [3.63, 3.8) is 0 Å². The van der Waals surface area contributed by atoms with Crippen molar-refractivity contribution in [1.29, 1.82) is 0 Å². The zero-order valence-electron chi connectivity index (χ0n) is 20.1. The Kier molecular flexibility index (Phi) is 7.00. The van der Waals surface area contributed by atoms with Gasteiger partial charge in [-0.2, -0.15) is 0 Å². The normalized spacial score (nSPS) is 11.6. The van der Waals surface area contributed by atoms with E-state index in [0.717, 1.165) is 39.8 Å². The highest BCUT2D eigenvalue weighted by Gasteiger charge is 2.22. The average molecular weight is 487 g/mol. The summed E-state index contributed by atoms with van der Waals surface area (Å²) < 4.78 is 4.68.